The molecule has 2 aromatic carbocycles. The molecule has 0 radical (unpaired) electrons. The van der Waals surface area contributed by atoms with Gasteiger partial charge in [0.1, 0.15) is 11.3 Å². The second-order valence-electron chi connectivity index (χ2n) is 7.66. The summed E-state index contributed by atoms with van der Waals surface area (Å²) in [5.41, 5.74) is -0.235. The number of ether oxygens (including phenoxy) is 1. The van der Waals surface area contributed by atoms with E-state index in [1.807, 2.05) is 4.90 Å². The number of hydrogen-bond acceptors (Lipinski definition) is 6. The highest BCUT2D eigenvalue weighted by Crippen LogP contribution is 2.30. The molecule has 1 saturated heterocycles. The molecule has 1 aromatic heterocycles. The minimum atomic E-state index is -4.53. The molecule has 0 atom stereocenters. The number of piperazine rings is 1. The van der Waals surface area contributed by atoms with Gasteiger partial charge in [0, 0.05) is 50.2 Å². The molecule has 4 rings (SSSR count). The van der Waals surface area contributed by atoms with Gasteiger partial charge >= 0.3 is 11.8 Å². The SMILES string of the molecule is COc1ccc2c(CN3CCN(S(=O)(=O)c4ccc(C(F)(F)F)cc4)CC3)cc(=O)oc2c1. The smallest absolute Gasteiger partial charge is 0.416 e. The summed E-state index contributed by atoms with van der Waals surface area (Å²) in [6.07, 6.45) is -4.53. The van der Waals surface area contributed by atoms with Gasteiger partial charge in [0.25, 0.3) is 0 Å². The highest BCUT2D eigenvalue weighted by atomic mass is 32.2. The molecule has 1 fully saturated rings. The first-order chi connectivity index (χ1) is 15.6. The van der Waals surface area contributed by atoms with Crippen LogP contribution >= 0.6 is 0 Å². The topological polar surface area (TPSA) is 80.1 Å². The maximum atomic E-state index is 12.9. The Morgan fingerprint density at radius 1 is 1.00 bits per heavy atom. The molecule has 0 unspecified atom stereocenters. The Bertz CT molecular complexity index is 1310. The van der Waals surface area contributed by atoms with E-state index >= 15 is 0 Å². The zero-order valence-electron chi connectivity index (χ0n) is 17.6. The maximum Gasteiger partial charge on any atom is 0.416 e. The Balaban J connectivity index is 1.46. The van der Waals surface area contributed by atoms with Gasteiger partial charge in [-0.2, -0.15) is 17.5 Å². The van der Waals surface area contributed by atoms with Crippen LogP contribution in [0.2, 0.25) is 0 Å². The fourth-order valence-electron chi connectivity index (χ4n) is 3.80. The van der Waals surface area contributed by atoms with E-state index in [0.717, 1.165) is 35.2 Å². The Kier molecular flexibility index (Phi) is 6.21. The number of fused-ring (bicyclic) bond motifs is 1. The van der Waals surface area contributed by atoms with Crippen molar-refractivity contribution in [1.29, 1.82) is 0 Å². The zero-order chi connectivity index (χ0) is 23.8. The molecule has 0 bridgehead atoms. The van der Waals surface area contributed by atoms with Crippen molar-refractivity contribution < 1.29 is 30.7 Å². The summed E-state index contributed by atoms with van der Waals surface area (Å²) < 4.78 is 75.7. The zero-order valence-corrected chi connectivity index (χ0v) is 18.4. The summed E-state index contributed by atoms with van der Waals surface area (Å²) in [7, 11) is -2.39. The second-order valence-corrected chi connectivity index (χ2v) is 9.59. The second kappa shape index (κ2) is 8.81. The average Bonchev–Trinajstić information content (AvgIpc) is 2.78. The molecule has 176 valence electrons. The lowest BCUT2D eigenvalue weighted by Crippen LogP contribution is -2.48. The molecule has 1 aliphatic rings. The van der Waals surface area contributed by atoms with Crippen molar-refractivity contribution in [2.75, 3.05) is 33.3 Å². The molecule has 0 spiro atoms. The van der Waals surface area contributed by atoms with E-state index in [0.29, 0.717) is 31.0 Å². The van der Waals surface area contributed by atoms with Crippen LogP contribution in [0.1, 0.15) is 11.1 Å². The van der Waals surface area contributed by atoms with E-state index in [9.17, 15) is 26.4 Å². The van der Waals surface area contributed by atoms with Gasteiger partial charge in [-0.3, -0.25) is 4.90 Å². The number of hydrogen-bond donors (Lipinski definition) is 0. The van der Waals surface area contributed by atoms with Crippen LogP contribution in [0, 0.1) is 0 Å². The summed E-state index contributed by atoms with van der Waals surface area (Å²) in [5.74, 6) is 0.560. The lowest BCUT2D eigenvalue weighted by atomic mass is 10.1. The van der Waals surface area contributed by atoms with Crippen LogP contribution in [0.5, 0.6) is 5.75 Å². The van der Waals surface area contributed by atoms with Crippen LogP contribution in [-0.2, 0) is 22.7 Å². The van der Waals surface area contributed by atoms with Crippen LogP contribution in [0.4, 0.5) is 13.2 Å². The van der Waals surface area contributed by atoms with Crippen molar-refractivity contribution in [3.8, 4) is 5.75 Å². The standard InChI is InChI=1S/C22H21F3N2O5S/c1-31-17-4-7-19-15(12-21(28)32-20(19)13-17)14-26-8-10-27(11-9-26)33(29,30)18-5-2-16(3-6-18)22(23,24)25/h2-7,12-13H,8-11,14H2,1H3. The number of halogens is 3. The first-order valence-electron chi connectivity index (χ1n) is 10.1. The lowest BCUT2D eigenvalue weighted by Gasteiger charge is -2.34. The third-order valence-electron chi connectivity index (χ3n) is 5.58. The van der Waals surface area contributed by atoms with Crippen molar-refractivity contribution in [3.05, 3.63) is 70.1 Å². The molecule has 11 heteroatoms. The van der Waals surface area contributed by atoms with Gasteiger partial charge in [0.15, 0.2) is 0 Å². The van der Waals surface area contributed by atoms with Crippen LogP contribution < -0.4 is 10.4 Å². The fraction of sp³-hybridized carbons (Fsp3) is 0.318. The van der Waals surface area contributed by atoms with Crippen molar-refractivity contribution in [2.45, 2.75) is 17.6 Å². The van der Waals surface area contributed by atoms with Crippen LogP contribution in [0.3, 0.4) is 0 Å². The van der Waals surface area contributed by atoms with Crippen molar-refractivity contribution in [2.24, 2.45) is 0 Å². The van der Waals surface area contributed by atoms with E-state index in [4.69, 9.17) is 9.15 Å². The third-order valence-corrected chi connectivity index (χ3v) is 7.49. The van der Waals surface area contributed by atoms with Crippen LogP contribution in [-0.4, -0.2) is 50.9 Å². The monoisotopic (exact) mass is 482 g/mol. The summed E-state index contributed by atoms with van der Waals surface area (Å²) >= 11 is 0. The van der Waals surface area contributed by atoms with Gasteiger partial charge in [-0.25, -0.2) is 13.2 Å². The van der Waals surface area contributed by atoms with Crippen molar-refractivity contribution >= 4 is 21.0 Å². The van der Waals surface area contributed by atoms with Gasteiger partial charge in [-0.15, -0.1) is 0 Å². The highest BCUT2D eigenvalue weighted by Gasteiger charge is 2.32. The summed E-state index contributed by atoms with van der Waals surface area (Å²) in [6, 6.07) is 10.1. The quantitative estimate of drug-likeness (QED) is 0.519. The van der Waals surface area contributed by atoms with E-state index < -0.39 is 27.4 Å². The van der Waals surface area contributed by atoms with Crippen molar-refractivity contribution in [1.82, 2.24) is 9.21 Å². The van der Waals surface area contributed by atoms with Gasteiger partial charge in [0.05, 0.1) is 17.6 Å². The lowest BCUT2D eigenvalue weighted by molar-refractivity contribution is -0.137. The molecule has 0 aliphatic carbocycles. The van der Waals surface area contributed by atoms with Gasteiger partial charge in [-0.05, 0) is 42.0 Å². The van der Waals surface area contributed by atoms with Crippen LogP contribution in [0.15, 0.2) is 62.6 Å². The molecule has 1 aliphatic heterocycles. The van der Waals surface area contributed by atoms with E-state index in [2.05, 4.69) is 0 Å². The molecular formula is C22H21F3N2O5S. The number of alkyl halides is 3. The predicted octanol–water partition coefficient (Wildman–Crippen LogP) is 3.33. The molecule has 0 saturated carbocycles. The minimum Gasteiger partial charge on any atom is -0.497 e. The fourth-order valence-corrected chi connectivity index (χ4v) is 5.22. The Labute approximate surface area is 188 Å². The number of methoxy groups -OCH3 is 1. The summed E-state index contributed by atoms with van der Waals surface area (Å²) in [6.45, 7) is 1.57. The summed E-state index contributed by atoms with van der Waals surface area (Å²) in [5, 5.41) is 0.759. The van der Waals surface area contributed by atoms with E-state index in [1.165, 1.54) is 17.5 Å². The first-order valence-corrected chi connectivity index (χ1v) is 11.5. The average molecular weight is 482 g/mol. The molecule has 33 heavy (non-hydrogen) atoms. The molecular weight excluding hydrogens is 461 g/mol. The van der Waals surface area contributed by atoms with Gasteiger partial charge in [0.2, 0.25) is 10.0 Å². The summed E-state index contributed by atoms with van der Waals surface area (Å²) in [4.78, 5) is 13.8. The Morgan fingerprint density at radius 2 is 1.67 bits per heavy atom. The first kappa shape index (κ1) is 23.3. The molecule has 2 heterocycles. The number of benzene rings is 2. The van der Waals surface area contributed by atoms with E-state index in [-0.39, 0.29) is 18.0 Å². The maximum absolute atomic E-state index is 12.9. The van der Waals surface area contributed by atoms with Gasteiger partial charge in [-0.1, -0.05) is 0 Å². The van der Waals surface area contributed by atoms with Gasteiger partial charge < -0.3 is 9.15 Å². The highest BCUT2D eigenvalue weighted by molar-refractivity contribution is 7.89. The Hall–Kier alpha value is -2.89. The predicted molar refractivity (Wildman–Crippen MR) is 115 cm³/mol. The van der Waals surface area contributed by atoms with E-state index in [1.54, 1.807) is 18.2 Å². The minimum absolute atomic E-state index is 0.176. The number of rotatable bonds is 5. The van der Waals surface area contributed by atoms with Crippen molar-refractivity contribution in [3.63, 3.8) is 0 Å². The number of sulfonamides is 1. The number of nitrogens with zero attached hydrogens (tertiary/aromatic N) is 2. The normalized spacial score (nSPS) is 16.2. The third kappa shape index (κ3) is 4.90. The Morgan fingerprint density at radius 3 is 2.27 bits per heavy atom. The molecule has 7 nitrogen and oxygen atoms in total. The molecule has 3 aromatic rings. The molecule has 0 amide bonds. The molecule has 0 N–H and O–H groups in total. The van der Waals surface area contributed by atoms with Crippen LogP contribution in [0.25, 0.3) is 11.0 Å². The largest absolute Gasteiger partial charge is 0.497 e.